The number of hydrogen-bond acceptors (Lipinski definition) is 4. The fraction of sp³-hybridized carbons (Fsp3) is 0.667. The Balaban J connectivity index is 1.93. The first-order valence-corrected chi connectivity index (χ1v) is 11.0. The molecule has 1 aromatic carbocycles. The van der Waals surface area contributed by atoms with Gasteiger partial charge < -0.3 is 9.47 Å². The van der Waals surface area contributed by atoms with E-state index in [4.69, 9.17) is 9.47 Å². The number of benzene rings is 1. The van der Waals surface area contributed by atoms with Crippen LogP contribution in [0.1, 0.15) is 95.1 Å². The van der Waals surface area contributed by atoms with Crippen LogP contribution in [0.2, 0.25) is 0 Å². The molecular formula is C24H38O4. The van der Waals surface area contributed by atoms with Crippen molar-refractivity contribution in [1.29, 1.82) is 0 Å². The van der Waals surface area contributed by atoms with Crippen molar-refractivity contribution in [1.82, 2.24) is 0 Å². The summed E-state index contributed by atoms with van der Waals surface area (Å²) >= 11 is 0. The van der Waals surface area contributed by atoms with E-state index in [0.29, 0.717) is 13.0 Å². The highest BCUT2D eigenvalue weighted by Crippen LogP contribution is 2.11. The number of unbranched alkanes of at least 4 members (excludes halogenated alkanes) is 8. The van der Waals surface area contributed by atoms with E-state index in [0.717, 1.165) is 24.0 Å². The summed E-state index contributed by atoms with van der Waals surface area (Å²) < 4.78 is 10.5. The molecule has 0 bridgehead atoms. The lowest BCUT2D eigenvalue weighted by Crippen LogP contribution is -2.09. The molecule has 0 aliphatic rings. The summed E-state index contributed by atoms with van der Waals surface area (Å²) in [7, 11) is 0. The number of carbonyl (C=O) groups excluding carboxylic acids is 2. The molecule has 0 amide bonds. The summed E-state index contributed by atoms with van der Waals surface area (Å²) in [5.41, 5.74) is 2.12. The van der Waals surface area contributed by atoms with Gasteiger partial charge in [-0.25, -0.2) is 0 Å². The molecular weight excluding hydrogens is 352 g/mol. The lowest BCUT2D eigenvalue weighted by molar-refractivity contribution is -0.146. The lowest BCUT2D eigenvalue weighted by atomic mass is 10.1. The summed E-state index contributed by atoms with van der Waals surface area (Å²) in [4.78, 5) is 23.5. The normalized spacial score (nSPS) is 10.6. The molecule has 1 rings (SSSR count). The van der Waals surface area contributed by atoms with Crippen LogP contribution >= 0.6 is 0 Å². The van der Waals surface area contributed by atoms with E-state index < -0.39 is 0 Å². The molecule has 0 radical (unpaired) electrons. The first kappa shape index (κ1) is 24.2. The minimum atomic E-state index is -0.269. The topological polar surface area (TPSA) is 52.6 Å². The van der Waals surface area contributed by atoms with Crippen LogP contribution in [0.4, 0.5) is 0 Å². The van der Waals surface area contributed by atoms with Crippen molar-refractivity contribution < 1.29 is 19.1 Å². The van der Waals surface area contributed by atoms with Crippen LogP contribution in [0.5, 0.6) is 0 Å². The fourth-order valence-corrected chi connectivity index (χ4v) is 3.05. The maximum Gasteiger partial charge on any atom is 0.306 e. The predicted octanol–water partition coefficient (Wildman–Crippen LogP) is 6.28. The summed E-state index contributed by atoms with van der Waals surface area (Å²) in [5.74, 6) is -0.485. The Labute approximate surface area is 171 Å². The number of hydrogen-bond donors (Lipinski definition) is 0. The predicted molar refractivity (Wildman–Crippen MR) is 113 cm³/mol. The molecule has 0 heterocycles. The van der Waals surface area contributed by atoms with E-state index >= 15 is 0 Å². The van der Waals surface area contributed by atoms with Gasteiger partial charge in [0.05, 0.1) is 6.61 Å². The average molecular weight is 391 g/mol. The van der Waals surface area contributed by atoms with Crippen molar-refractivity contribution >= 4 is 11.9 Å². The molecule has 0 spiro atoms. The van der Waals surface area contributed by atoms with Gasteiger partial charge in [-0.1, -0.05) is 82.6 Å². The zero-order chi connectivity index (χ0) is 20.5. The maximum atomic E-state index is 11.8. The molecule has 4 heteroatoms. The molecule has 0 fully saturated rings. The van der Waals surface area contributed by atoms with Gasteiger partial charge in [-0.15, -0.1) is 0 Å². The van der Waals surface area contributed by atoms with E-state index in [1.54, 1.807) is 0 Å². The van der Waals surface area contributed by atoms with Crippen LogP contribution < -0.4 is 0 Å². The largest absolute Gasteiger partial charge is 0.466 e. The van der Waals surface area contributed by atoms with E-state index in [1.165, 1.54) is 44.9 Å². The quantitative estimate of drug-likeness (QED) is 0.246. The zero-order valence-corrected chi connectivity index (χ0v) is 17.8. The lowest BCUT2D eigenvalue weighted by Gasteiger charge is -2.07. The Kier molecular flexibility index (Phi) is 14.0. The molecule has 0 aliphatic heterocycles. The third-order valence-electron chi connectivity index (χ3n) is 4.92. The van der Waals surface area contributed by atoms with Gasteiger partial charge in [0, 0.05) is 12.8 Å². The molecule has 0 aliphatic carbocycles. The third kappa shape index (κ3) is 12.5. The van der Waals surface area contributed by atoms with Gasteiger partial charge in [0.15, 0.2) is 0 Å². The van der Waals surface area contributed by atoms with Crippen molar-refractivity contribution in [2.75, 3.05) is 6.61 Å². The molecule has 158 valence electrons. The second-order valence-electron chi connectivity index (χ2n) is 7.49. The summed E-state index contributed by atoms with van der Waals surface area (Å²) in [6, 6.07) is 7.83. The van der Waals surface area contributed by atoms with E-state index in [9.17, 15) is 9.59 Å². The van der Waals surface area contributed by atoms with Crippen LogP contribution in [-0.4, -0.2) is 18.5 Å². The first-order chi connectivity index (χ1) is 13.6. The standard InChI is InChI=1S/C24H38O4/c1-3-4-5-6-7-8-9-10-13-19-27-23(25)17-14-18-24(26)28-20-22-16-12-11-15-21(22)2/h11-12,15-16H,3-10,13-14,17-20H2,1-2H3. The van der Waals surface area contributed by atoms with Crippen molar-refractivity contribution in [3.63, 3.8) is 0 Å². The number of esters is 2. The van der Waals surface area contributed by atoms with Crippen LogP contribution in [0.3, 0.4) is 0 Å². The van der Waals surface area contributed by atoms with Gasteiger partial charge in [-0.2, -0.15) is 0 Å². The zero-order valence-electron chi connectivity index (χ0n) is 17.8. The Morgan fingerprint density at radius 3 is 1.96 bits per heavy atom. The first-order valence-electron chi connectivity index (χ1n) is 11.0. The van der Waals surface area contributed by atoms with E-state index in [1.807, 2.05) is 31.2 Å². The minimum Gasteiger partial charge on any atom is -0.466 e. The fourth-order valence-electron chi connectivity index (χ4n) is 3.05. The molecule has 0 unspecified atom stereocenters. The molecule has 0 saturated carbocycles. The van der Waals surface area contributed by atoms with Crippen LogP contribution in [0, 0.1) is 6.92 Å². The van der Waals surface area contributed by atoms with E-state index in [2.05, 4.69) is 6.92 Å². The van der Waals surface area contributed by atoms with Crippen LogP contribution in [0.15, 0.2) is 24.3 Å². The Bertz CT molecular complexity index is 553. The smallest absolute Gasteiger partial charge is 0.306 e. The van der Waals surface area contributed by atoms with Crippen molar-refractivity contribution in [3.8, 4) is 0 Å². The second kappa shape index (κ2) is 16.1. The Hall–Kier alpha value is -1.84. The van der Waals surface area contributed by atoms with Gasteiger partial charge in [0.1, 0.15) is 6.61 Å². The molecule has 0 N–H and O–H groups in total. The van der Waals surface area contributed by atoms with Crippen LogP contribution in [-0.2, 0) is 25.7 Å². The highest BCUT2D eigenvalue weighted by atomic mass is 16.5. The van der Waals surface area contributed by atoms with Gasteiger partial charge in [0.25, 0.3) is 0 Å². The third-order valence-corrected chi connectivity index (χ3v) is 4.92. The van der Waals surface area contributed by atoms with Crippen molar-refractivity contribution in [3.05, 3.63) is 35.4 Å². The molecule has 28 heavy (non-hydrogen) atoms. The molecule has 0 atom stereocenters. The summed E-state index contributed by atoms with van der Waals surface area (Å²) in [6.07, 6.45) is 12.2. The monoisotopic (exact) mass is 390 g/mol. The molecule has 1 aromatic rings. The summed E-state index contributed by atoms with van der Waals surface area (Å²) in [5, 5.41) is 0. The number of rotatable bonds is 16. The molecule has 4 nitrogen and oxygen atoms in total. The highest BCUT2D eigenvalue weighted by molar-refractivity contribution is 5.72. The van der Waals surface area contributed by atoms with Gasteiger partial charge in [0.2, 0.25) is 0 Å². The molecule has 0 saturated heterocycles. The number of carbonyl (C=O) groups is 2. The van der Waals surface area contributed by atoms with Crippen molar-refractivity contribution in [2.24, 2.45) is 0 Å². The SMILES string of the molecule is CCCCCCCCCCCOC(=O)CCCC(=O)OCc1ccccc1C. The Morgan fingerprint density at radius 2 is 1.32 bits per heavy atom. The molecule has 0 aromatic heterocycles. The number of ether oxygens (including phenoxy) is 2. The maximum absolute atomic E-state index is 11.8. The van der Waals surface area contributed by atoms with E-state index in [-0.39, 0.29) is 31.4 Å². The summed E-state index contributed by atoms with van der Waals surface area (Å²) in [6.45, 7) is 5.01. The van der Waals surface area contributed by atoms with Gasteiger partial charge >= 0.3 is 11.9 Å². The van der Waals surface area contributed by atoms with Crippen LogP contribution in [0.25, 0.3) is 0 Å². The van der Waals surface area contributed by atoms with Crippen molar-refractivity contribution in [2.45, 2.75) is 97.5 Å². The highest BCUT2D eigenvalue weighted by Gasteiger charge is 2.08. The average Bonchev–Trinajstić information content (AvgIpc) is 2.69. The van der Waals surface area contributed by atoms with Gasteiger partial charge in [-0.3, -0.25) is 9.59 Å². The van der Waals surface area contributed by atoms with Gasteiger partial charge in [-0.05, 0) is 30.9 Å². The second-order valence-corrected chi connectivity index (χ2v) is 7.49. The Morgan fingerprint density at radius 1 is 0.750 bits per heavy atom. The number of aryl methyl sites for hydroxylation is 1. The minimum absolute atomic E-state index is 0.216.